The smallest absolute Gasteiger partial charge is 0.311 e. The number of methoxy groups -OCH3 is 2. The van der Waals surface area contributed by atoms with Crippen molar-refractivity contribution in [1.82, 2.24) is 15.2 Å². The summed E-state index contributed by atoms with van der Waals surface area (Å²) in [7, 11) is 3.38. The topological polar surface area (TPSA) is 72.9 Å². The van der Waals surface area contributed by atoms with Crippen LogP contribution in [0.3, 0.4) is 0 Å². The molecule has 0 saturated carbocycles. The Morgan fingerprint density at radius 1 is 0.935 bits per heavy atom. The Balaban J connectivity index is 1.22. The number of nitrogens with zero attached hydrogens (tertiary/aromatic N) is 2. The van der Waals surface area contributed by atoms with Gasteiger partial charge in [-0.15, -0.1) is 0 Å². The maximum absolute atomic E-state index is 12.2. The van der Waals surface area contributed by atoms with E-state index in [1.807, 2.05) is 43.3 Å². The molecule has 7 nitrogen and oxygen atoms in total. The number of ether oxygens (including phenoxy) is 3. The number of pyridine rings is 1. The molecule has 4 aromatic rings. The predicted molar refractivity (Wildman–Crippen MR) is 182 cm³/mol. The van der Waals surface area contributed by atoms with Crippen LogP contribution in [-0.2, 0) is 28.9 Å². The summed E-state index contributed by atoms with van der Waals surface area (Å²) in [4.78, 5) is 19.4. The van der Waals surface area contributed by atoms with E-state index in [4.69, 9.17) is 42.4 Å². The lowest BCUT2D eigenvalue weighted by Crippen LogP contribution is -2.51. The van der Waals surface area contributed by atoms with Gasteiger partial charge in [-0.25, -0.2) is 4.98 Å². The maximum Gasteiger partial charge on any atom is 0.311 e. The van der Waals surface area contributed by atoms with Crippen molar-refractivity contribution >= 4 is 29.2 Å². The molecule has 2 aliphatic heterocycles. The average Bonchev–Trinajstić information content (AvgIpc) is 3.47. The Bertz CT molecular complexity index is 1800. The molecule has 0 bridgehead atoms. The van der Waals surface area contributed by atoms with Crippen LogP contribution in [0.4, 0.5) is 0 Å². The highest BCUT2D eigenvalue weighted by Crippen LogP contribution is 2.48. The van der Waals surface area contributed by atoms with E-state index >= 15 is 0 Å². The van der Waals surface area contributed by atoms with E-state index in [0.29, 0.717) is 35.6 Å². The molecule has 1 aromatic heterocycles. The monoisotopic (exact) mass is 657 g/mol. The molecule has 3 aliphatic rings. The molecule has 3 heterocycles. The average molecular weight is 659 g/mol. The molecule has 1 N–H and O–H groups in total. The fourth-order valence-corrected chi connectivity index (χ4v) is 7.90. The Hall–Kier alpha value is -3.62. The summed E-state index contributed by atoms with van der Waals surface area (Å²) in [5.41, 5.74) is 9.98. The second-order valence-corrected chi connectivity index (χ2v) is 12.9. The number of hydrogen-bond acceptors (Lipinski definition) is 7. The van der Waals surface area contributed by atoms with Gasteiger partial charge in [-0.1, -0.05) is 65.7 Å². The minimum absolute atomic E-state index is 0.0526. The molecule has 238 valence electrons. The van der Waals surface area contributed by atoms with E-state index in [9.17, 15) is 4.79 Å². The number of fused-ring (bicyclic) bond motifs is 2. The van der Waals surface area contributed by atoms with Crippen molar-refractivity contribution in [2.75, 3.05) is 40.5 Å². The van der Waals surface area contributed by atoms with Gasteiger partial charge >= 0.3 is 5.97 Å². The summed E-state index contributed by atoms with van der Waals surface area (Å²) >= 11 is 14.4. The first-order valence-corrected chi connectivity index (χ1v) is 16.6. The molecule has 7 rings (SSSR count). The number of likely N-dealkylation sites (tertiary alicyclic amines) is 1. The van der Waals surface area contributed by atoms with Gasteiger partial charge in [-0.2, -0.15) is 0 Å². The highest BCUT2D eigenvalue weighted by molar-refractivity contribution is 6.39. The Morgan fingerprint density at radius 3 is 2.37 bits per heavy atom. The van der Waals surface area contributed by atoms with Gasteiger partial charge < -0.3 is 19.5 Å². The highest BCUT2D eigenvalue weighted by atomic mass is 35.5. The SMILES string of the molecule is CCOC(=O)C1CN(C2CCc3cc(-c4cccc(-c5cccc(-c6cc7c(c(OC)n6)CCNC7)c5Cl)c4Cl)cc(OC)c32)C1. The van der Waals surface area contributed by atoms with Crippen LogP contribution in [0.15, 0.2) is 54.6 Å². The molecule has 1 unspecified atom stereocenters. The molecule has 1 atom stereocenters. The van der Waals surface area contributed by atoms with E-state index in [0.717, 1.165) is 77.2 Å². The standard InChI is InChI=1S/C37H37Cl2N3O4/c1-4-46-37(43)24-19-42(20-24)31-12-11-21-15-22(17-32(44-2)33(21)31)25-7-5-8-27(34(25)38)28-9-6-10-29(35(28)39)30-16-23-18-40-14-13-26(23)36(41-30)45-3/h5-10,15-17,24,31,40H,4,11-14,18-20H2,1-3H3. The van der Waals surface area contributed by atoms with Gasteiger partial charge in [0.05, 0.1) is 42.5 Å². The number of carbonyl (C=O) groups excluding carboxylic acids is 1. The van der Waals surface area contributed by atoms with Gasteiger partial charge in [0.15, 0.2) is 0 Å². The number of esters is 1. The quantitative estimate of drug-likeness (QED) is 0.196. The molecular weight excluding hydrogens is 621 g/mol. The second-order valence-electron chi connectivity index (χ2n) is 12.1. The second kappa shape index (κ2) is 12.9. The Morgan fingerprint density at radius 2 is 1.65 bits per heavy atom. The lowest BCUT2D eigenvalue weighted by molar-refractivity contribution is -0.155. The van der Waals surface area contributed by atoms with Crippen molar-refractivity contribution in [3.63, 3.8) is 0 Å². The lowest BCUT2D eigenvalue weighted by Gasteiger charge is -2.42. The maximum atomic E-state index is 12.2. The molecule has 3 aromatic carbocycles. The molecule has 0 spiro atoms. The van der Waals surface area contributed by atoms with E-state index in [1.54, 1.807) is 14.2 Å². The van der Waals surface area contributed by atoms with Crippen LogP contribution in [0.1, 0.15) is 41.6 Å². The molecule has 1 fully saturated rings. The molecule has 46 heavy (non-hydrogen) atoms. The Kier molecular flexibility index (Phi) is 8.68. The van der Waals surface area contributed by atoms with Crippen molar-refractivity contribution in [2.45, 2.75) is 38.8 Å². The van der Waals surface area contributed by atoms with Crippen molar-refractivity contribution in [3.05, 3.63) is 86.9 Å². The third kappa shape index (κ3) is 5.43. The first kappa shape index (κ1) is 31.0. The van der Waals surface area contributed by atoms with Crippen LogP contribution in [0, 0.1) is 5.92 Å². The number of aromatic nitrogens is 1. The van der Waals surface area contributed by atoms with Gasteiger partial charge in [0.25, 0.3) is 0 Å². The van der Waals surface area contributed by atoms with Gasteiger partial charge in [0.2, 0.25) is 5.88 Å². The van der Waals surface area contributed by atoms with Gasteiger partial charge in [0, 0.05) is 59.1 Å². The van der Waals surface area contributed by atoms with Gasteiger partial charge in [-0.05, 0) is 61.6 Å². The first-order valence-electron chi connectivity index (χ1n) is 15.9. The molecule has 1 saturated heterocycles. The summed E-state index contributed by atoms with van der Waals surface area (Å²) in [6.45, 7) is 5.36. The predicted octanol–water partition coefficient (Wildman–Crippen LogP) is 7.53. The fraction of sp³-hybridized carbons (Fsp3) is 0.351. The van der Waals surface area contributed by atoms with E-state index in [1.165, 1.54) is 16.7 Å². The zero-order chi connectivity index (χ0) is 31.9. The molecule has 9 heteroatoms. The fourth-order valence-electron chi connectivity index (χ4n) is 7.24. The van der Waals surface area contributed by atoms with Crippen LogP contribution < -0.4 is 14.8 Å². The summed E-state index contributed by atoms with van der Waals surface area (Å²) in [5, 5.41) is 4.65. The van der Waals surface area contributed by atoms with Crippen molar-refractivity contribution < 1.29 is 19.0 Å². The zero-order valence-electron chi connectivity index (χ0n) is 26.3. The van der Waals surface area contributed by atoms with Crippen molar-refractivity contribution in [3.8, 4) is 45.1 Å². The van der Waals surface area contributed by atoms with Crippen molar-refractivity contribution in [2.24, 2.45) is 5.92 Å². The third-order valence-electron chi connectivity index (χ3n) is 9.55. The molecular formula is C37H37Cl2N3O4. The molecule has 0 radical (unpaired) electrons. The minimum Gasteiger partial charge on any atom is -0.496 e. The molecule has 1 aliphatic carbocycles. The van der Waals surface area contributed by atoms with Crippen LogP contribution in [0.2, 0.25) is 10.0 Å². The van der Waals surface area contributed by atoms with Crippen LogP contribution in [0.5, 0.6) is 11.6 Å². The van der Waals surface area contributed by atoms with Crippen LogP contribution in [-0.4, -0.2) is 56.3 Å². The summed E-state index contributed by atoms with van der Waals surface area (Å²) in [6.07, 6.45) is 2.80. The number of rotatable bonds is 8. The molecule has 0 amide bonds. The summed E-state index contributed by atoms with van der Waals surface area (Å²) < 4.78 is 16.9. The number of carbonyl (C=O) groups is 1. The lowest BCUT2D eigenvalue weighted by atomic mass is 9.92. The van der Waals surface area contributed by atoms with Crippen LogP contribution in [0.25, 0.3) is 33.5 Å². The number of benzene rings is 3. The minimum atomic E-state index is -0.101. The summed E-state index contributed by atoms with van der Waals surface area (Å²) in [6, 6.07) is 18.7. The normalized spacial score (nSPS) is 17.6. The number of hydrogen-bond donors (Lipinski definition) is 1. The van der Waals surface area contributed by atoms with Gasteiger partial charge in [-0.3, -0.25) is 9.69 Å². The zero-order valence-corrected chi connectivity index (χ0v) is 27.8. The number of nitrogens with one attached hydrogen (secondary N) is 1. The van der Waals surface area contributed by atoms with Crippen molar-refractivity contribution in [1.29, 1.82) is 0 Å². The Labute approximate surface area is 279 Å². The third-order valence-corrected chi connectivity index (χ3v) is 10.4. The number of aryl methyl sites for hydroxylation is 1. The highest BCUT2D eigenvalue weighted by Gasteiger charge is 2.41. The van der Waals surface area contributed by atoms with E-state index in [2.05, 4.69) is 28.4 Å². The van der Waals surface area contributed by atoms with Gasteiger partial charge in [0.1, 0.15) is 5.75 Å². The number of halogens is 2. The summed E-state index contributed by atoms with van der Waals surface area (Å²) in [5.74, 6) is 1.34. The van der Waals surface area contributed by atoms with E-state index < -0.39 is 0 Å². The van der Waals surface area contributed by atoms with E-state index in [-0.39, 0.29) is 17.9 Å². The van der Waals surface area contributed by atoms with Crippen LogP contribution >= 0.6 is 23.2 Å². The first-order chi connectivity index (χ1) is 22.4. The largest absolute Gasteiger partial charge is 0.496 e.